The van der Waals surface area contributed by atoms with Gasteiger partial charge in [0.1, 0.15) is 15.8 Å². The Bertz CT molecular complexity index is 1480. The summed E-state index contributed by atoms with van der Waals surface area (Å²) in [7, 11) is -3.14. The van der Waals surface area contributed by atoms with Gasteiger partial charge in [0.05, 0.1) is 34.7 Å². The molecule has 1 unspecified atom stereocenters. The lowest BCUT2D eigenvalue weighted by Gasteiger charge is -2.20. The van der Waals surface area contributed by atoms with Gasteiger partial charge in [0, 0.05) is 17.3 Å². The van der Waals surface area contributed by atoms with Crippen molar-refractivity contribution >= 4 is 50.1 Å². The third-order valence-electron chi connectivity index (χ3n) is 6.20. The lowest BCUT2D eigenvalue weighted by atomic mass is 10.0. The van der Waals surface area contributed by atoms with Crippen molar-refractivity contribution in [2.45, 2.75) is 26.3 Å². The molecule has 3 heterocycles. The summed E-state index contributed by atoms with van der Waals surface area (Å²) in [6, 6.07) is 15.3. The molecule has 0 N–H and O–H groups in total. The monoisotopic (exact) mass is 539 g/mol. The summed E-state index contributed by atoms with van der Waals surface area (Å²) in [5.41, 5.74) is 4.27. The molecule has 36 heavy (non-hydrogen) atoms. The molecule has 0 bridgehead atoms. The van der Waals surface area contributed by atoms with E-state index in [2.05, 4.69) is 0 Å². The summed E-state index contributed by atoms with van der Waals surface area (Å²) < 4.78 is 31.9. The molecule has 2 aromatic carbocycles. The van der Waals surface area contributed by atoms with Gasteiger partial charge in [-0.3, -0.25) is 9.69 Å². The molecule has 2 saturated heterocycles. The summed E-state index contributed by atoms with van der Waals surface area (Å²) in [5.74, 6) is 0.597. The van der Waals surface area contributed by atoms with Gasteiger partial charge >= 0.3 is 0 Å². The molecule has 0 saturated carbocycles. The molecule has 0 radical (unpaired) electrons. The van der Waals surface area contributed by atoms with Crippen molar-refractivity contribution < 1.29 is 17.9 Å². The van der Waals surface area contributed by atoms with E-state index in [1.165, 1.54) is 16.7 Å². The van der Waals surface area contributed by atoms with E-state index in [9.17, 15) is 13.2 Å². The summed E-state index contributed by atoms with van der Waals surface area (Å²) in [6.45, 7) is 4.52. The Morgan fingerprint density at radius 1 is 1.22 bits per heavy atom. The van der Waals surface area contributed by atoms with E-state index in [0.717, 1.165) is 33.8 Å². The fourth-order valence-corrected chi connectivity index (χ4v) is 7.55. The van der Waals surface area contributed by atoms with E-state index in [1.54, 1.807) is 10.8 Å². The standard InChI is InChI=1S/C26H25N3O4S3/c1-3-33-22-10-9-18(13-17(22)2)24-19(15-28(27-24)20-7-5-4-6-8-20)14-23-25(30)29(26(34)35-23)21-11-12-36(31,32)16-21/h4-10,13-15,21H,3,11-12,16H2,1-2H3/b23-14+. The first-order chi connectivity index (χ1) is 17.3. The Morgan fingerprint density at radius 3 is 2.67 bits per heavy atom. The number of sulfone groups is 1. The Hall–Kier alpha value is -2.95. The van der Waals surface area contributed by atoms with Crippen LogP contribution in [0.25, 0.3) is 23.0 Å². The molecule has 7 nitrogen and oxygen atoms in total. The van der Waals surface area contributed by atoms with E-state index in [0.29, 0.717) is 22.3 Å². The van der Waals surface area contributed by atoms with Gasteiger partial charge in [0.25, 0.3) is 5.91 Å². The maximum Gasteiger partial charge on any atom is 0.266 e. The van der Waals surface area contributed by atoms with E-state index < -0.39 is 15.9 Å². The van der Waals surface area contributed by atoms with Crippen LogP contribution < -0.4 is 4.74 Å². The number of para-hydroxylation sites is 1. The van der Waals surface area contributed by atoms with Crippen molar-refractivity contribution in [2.75, 3.05) is 18.1 Å². The zero-order valence-electron chi connectivity index (χ0n) is 19.9. The lowest BCUT2D eigenvalue weighted by Crippen LogP contribution is -2.39. The Kier molecular flexibility index (Phi) is 6.76. The summed E-state index contributed by atoms with van der Waals surface area (Å²) in [5, 5.41) is 4.85. The lowest BCUT2D eigenvalue weighted by molar-refractivity contribution is -0.123. The molecule has 3 aromatic rings. The molecule has 0 spiro atoms. The topological polar surface area (TPSA) is 81.5 Å². The number of thioether (sulfide) groups is 1. The second-order valence-electron chi connectivity index (χ2n) is 8.74. The average molecular weight is 540 g/mol. The van der Waals surface area contributed by atoms with Crippen molar-refractivity contribution in [3.63, 3.8) is 0 Å². The molecule has 2 aliphatic heterocycles. The zero-order chi connectivity index (χ0) is 25.4. The number of rotatable bonds is 6. The van der Waals surface area contributed by atoms with Gasteiger partial charge in [-0.1, -0.05) is 42.2 Å². The molecule has 2 aliphatic rings. The number of ether oxygens (including phenoxy) is 1. The minimum absolute atomic E-state index is 0.0463. The third-order valence-corrected chi connectivity index (χ3v) is 9.28. The Labute approximate surface area is 220 Å². The van der Waals surface area contributed by atoms with Gasteiger partial charge in [-0.05, 0) is 62.2 Å². The summed E-state index contributed by atoms with van der Waals surface area (Å²) in [6.07, 6.45) is 4.10. The highest BCUT2D eigenvalue weighted by Gasteiger charge is 2.42. The molecule has 1 amide bonds. The summed E-state index contributed by atoms with van der Waals surface area (Å²) in [4.78, 5) is 15.3. The van der Waals surface area contributed by atoms with Crippen LogP contribution in [0.3, 0.4) is 0 Å². The largest absolute Gasteiger partial charge is 0.494 e. The number of carbonyl (C=O) groups excluding carboxylic acids is 1. The number of nitrogens with zero attached hydrogens (tertiary/aromatic N) is 3. The van der Waals surface area contributed by atoms with Crippen LogP contribution in [0.15, 0.2) is 59.6 Å². The van der Waals surface area contributed by atoms with Crippen molar-refractivity contribution in [3.8, 4) is 22.7 Å². The smallest absolute Gasteiger partial charge is 0.266 e. The predicted molar refractivity (Wildman–Crippen MR) is 147 cm³/mol. The van der Waals surface area contributed by atoms with Crippen molar-refractivity contribution in [3.05, 3.63) is 70.8 Å². The average Bonchev–Trinajstić information content (AvgIpc) is 3.51. The molecular formula is C26H25N3O4S3. The fraction of sp³-hybridized carbons (Fsp3) is 0.269. The third kappa shape index (κ3) is 4.85. The van der Waals surface area contributed by atoms with Crippen LogP contribution in [-0.2, 0) is 14.6 Å². The Balaban J connectivity index is 1.55. The Morgan fingerprint density at radius 2 is 2.00 bits per heavy atom. The van der Waals surface area contributed by atoms with Crippen LogP contribution in [0.1, 0.15) is 24.5 Å². The number of benzene rings is 2. The number of amides is 1. The number of aromatic nitrogens is 2. The highest BCUT2D eigenvalue weighted by molar-refractivity contribution is 8.26. The SMILES string of the molecule is CCOc1ccc(-c2nn(-c3ccccc3)cc2/C=C2/SC(=S)N(C3CCS(=O)(=O)C3)C2=O)cc1C. The maximum atomic E-state index is 13.3. The molecule has 1 aromatic heterocycles. The predicted octanol–water partition coefficient (Wildman–Crippen LogP) is 4.63. The number of carbonyl (C=O) groups is 1. The van der Waals surface area contributed by atoms with E-state index in [4.69, 9.17) is 22.1 Å². The van der Waals surface area contributed by atoms with Crippen LogP contribution in [0.4, 0.5) is 0 Å². The second-order valence-corrected chi connectivity index (χ2v) is 12.6. The van der Waals surface area contributed by atoms with E-state index in [1.807, 2.05) is 68.6 Å². The van der Waals surface area contributed by atoms with Gasteiger partial charge in [-0.15, -0.1) is 0 Å². The molecule has 10 heteroatoms. The first-order valence-corrected chi connectivity index (χ1v) is 14.7. The van der Waals surface area contributed by atoms with Crippen LogP contribution in [0.5, 0.6) is 5.75 Å². The molecule has 186 valence electrons. The molecular weight excluding hydrogens is 515 g/mol. The van der Waals surface area contributed by atoms with Gasteiger partial charge in [-0.2, -0.15) is 5.10 Å². The normalized spacial score (nSPS) is 20.4. The van der Waals surface area contributed by atoms with Crippen molar-refractivity contribution in [1.82, 2.24) is 14.7 Å². The quantitative estimate of drug-likeness (QED) is 0.334. The minimum atomic E-state index is -3.14. The second kappa shape index (κ2) is 9.84. The number of thiocarbonyl (C=S) groups is 1. The molecule has 1 atom stereocenters. The highest BCUT2D eigenvalue weighted by Crippen LogP contribution is 2.38. The molecule has 2 fully saturated rings. The fourth-order valence-electron chi connectivity index (χ4n) is 4.46. The van der Waals surface area contributed by atoms with E-state index in [-0.39, 0.29) is 17.4 Å². The minimum Gasteiger partial charge on any atom is -0.494 e. The van der Waals surface area contributed by atoms with Crippen molar-refractivity contribution in [2.24, 2.45) is 0 Å². The molecule has 5 rings (SSSR count). The number of aryl methyl sites for hydroxylation is 1. The van der Waals surface area contributed by atoms with Crippen LogP contribution in [-0.4, -0.2) is 57.5 Å². The first-order valence-electron chi connectivity index (χ1n) is 11.6. The van der Waals surface area contributed by atoms with Crippen LogP contribution >= 0.6 is 24.0 Å². The first kappa shape index (κ1) is 24.7. The van der Waals surface area contributed by atoms with Gasteiger partial charge in [0.2, 0.25) is 0 Å². The highest BCUT2D eigenvalue weighted by atomic mass is 32.2. The molecule has 0 aliphatic carbocycles. The van der Waals surface area contributed by atoms with E-state index >= 15 is 0 Å². The van der Waals surface area contributed by atoms with Crippen LogP contribution in [0.2, 0.25) is 0 Å². The van der Waals surface area contributed by atoms with Gasteiger partial charge < -0.3 is 4.74 Å². The van der Waals surface area contributed by atoms with Crippen molar-refractivity contribution in [1.29, 1.82) is 0 Å². The zero-order valence-corrected chi connectivity index (χ0v) is 22.3. The summed E-state index contributed by atoms with van der Waals surface area (Å²) >= 11 is 6.69. The van der Waals surface area contributed by atoms with Gasteiger partial charge in [0.15, 0.2) is 9.84 Å². The number of hydrogen-bond donors (Lipinski definition) is 0. The van der Waals surface area contributed by atoms with Crippen LogP contribution in [0, 0.1) is 6.92 Å². The number of hydrogen-bond acceptors (Lipinski definition) is 7. The maximum absolute atomic E-state index is 13.3. The van der Waals surface area contributed by atoms with Gasteiger partial charge in [-0.25, -0.2) is 13.1 Å².